The molecular formula is C21H22N4O. The smallest absolute Gasteiger partial charge is 0.272 e. The highest BCUT2D eigenvalue weighted by atomic mass is 16.2. The fraction of sp³-hybridized carbons (Fsp3) is 0.190. The van der Waals surface area contributed by atoms with Crippen LogP contribution in [0.5, 0.6) is 0 Å². The van der Waals surface area contributed by atoms with Gasteiger partial charge in [0.05, 0.1) is 0 Å². The molecule has 132 valence electrons. The van der Waals surface area contributed by atoms with Gasteiger partial charge in [0.1, 0.15) is 5.69 Å². The molecule has 2 aromatic carbocycles. The number of para-hydroxylation sites is 1. The van der Waals surface area contributed by atoms with Gasteiger partial charge in [-0.05, 0) is 36.6 Å². The average Bonchev–Trinajstić information content (AvgIpc) is 2.65. The second-order valence-corrected chi connectivity index (χ2v) is 6.30. The Morgan fingerprint density at radius 2 is 1.69 bits per heavy atom. The molecule has 0 fully saturated rings. The first kappa shape index (κ1) is 17.6. The third-order valence-electron chi connectivity index (χ3n) is 4.20. The molecule has 1 N–H and O–H groups in total. The third-order valence-corrected chi connectivity index (χ3v) is 4.20. The van der Waals surface area contributed by atoms with Crippen LogP contribution in [0.1, 0.15) is 27.2 Å². The zero-order valence-electron chi connectivity index (χ0n) is 15.2. The van der Waals surface area contributed by atoms with Crippen LogP contribution in [0, 0.1) is 13.8 Å². The highest BCUT2D eigenvalue weighted by molar-refractivity contribution is 5.92. The Labute approximate surface area is 153 Å². The number of carbonyl (C=O) groups is 1. The van der Waals surface area contributed by atoms with Crippen LogP contribution in [0.3, 0.4) is 0 Å². The van der Waals surface area contributed by atoms with E-state index in [1.165, 1.54) is 0 Å². The predicted molar refractivity (Wildman–Crippen MR) is 103 cm³/mol. The summed E-state index contributed by atoms with van der Waals surface area (Å²) < 4.78 is 0. The van der Waals surface area contributed by atoms with Crippen LogP contribution < -0.4 is 5.32 Å². The van der Waals surface area contributed by atoms with Gasteiger partial charge in [-0.15, -0.1) is 0 Å². The fourth-order valence-corrected chi connectivity index (χ4v) is 2.79. The number of aromatic nitrogens is 2. The van der Waals surface area contributed by atoms with Crippen molar-refractivity contribution >= 4 is 17.5 Å². The first-order chi connectivity index (χ1) is 12.5. The first-order valence-corrected chi connectivity index (χ1v) is 8.50. The summed E-state index contributed by atoms with van der Waals surface area (Å²) in [7, 11) is 1.77. The molecule has 0 saturated heterocycles. The van der Waals surface area contributed by atoms with E-state index in [0.29, 0.717) is 18.2 Å². The summed E-state index contributed by atoms with van der Waals surface area (Å²) in [6.07, 6.45) is 1.60. The Hall–Kier alpha value is -3.21. The standard InChI is InChI=1S/C21H22N4O/c1-15-8-7-9-16(2)19(15)24-21-22-13-12-18(23-21)20(26)25(3)14-17-10-5-4-6-11-17/h4-13H,14H2,1-3H3,(H,22,23,24). The Morgan fingerprint density at radius 3 is 2.38 bits per heavy atom. The minimum Gasteiger partial charge on any atom is -0.336 e. The quantitative estimate of drug-likeness (QED) is 0.755. The van der Waals surface area contributed by atoms with Gasteiger partial charge in [0.25, 0.3) is 5.91 Å². The van der Waals surface area contributed by atoms with Crippen molar-refractivity contribution in [2.75, 3.05) is 12.4 Å². The van der Waals surface area contributed by atoms with Gasteiger partial charge >= 0.3 is 0 Å². The monoisotopic (exact) mass is 346 g/mol. The van der Waals surface area contributed by atoms with Crippen LogP contribution >= 0.6 is 0 Å². The summed E-state index contributed by atoms with van der Waals surface area (Å²) in [4.78, 5) is 23.0. The molecule has 26 heavy (non-hydrogen) atoms. The molecule has 0 aliphatic carbocycles. The lowest BCUT2D eigenvalue weighted by Gasteiger charge is -2.17. The number of hydrogen-bond acceptors (Lipinski definition) is 4. The molecule has 5 nitrogen and oxygen atoms in total. The number of rotatable bonds is 5. The molecule has 0 aliphatic heterocycles. The molecule has 0 aliphatic rings. The van der Waals surface area contributed by atoms with Crippen LogP contribution in [-0.2, 0) is 6.54 Å². The van der Waals surface area contributed by atoms with Crippen LogP contribution in [-0.4, -0.2) is 27.8 Å². The lowest BCUT2D eigenvalue weighted by molar-refractivity contribution is 0.0779. The van der Waals surface area contributed by atoms with Gasteiger partial charge < -0.3 is 10.2 Å². The highest BCUT2D eigenvalue weighted by Gasteiger charge is 2.15. The van der Waals surface area contributed by atoms with Crippen molar-refractivity contribution < 1.29 is 4.79 Å². The molecule has 0 bridgehead atoms. The van der Waals surface area contributed by atoms with Gasteiger partial charge in [0.15, 0.2) is 0 Å². The van der Waals surface area contributed by atoms with Gasteiger partial charge in [-0.2, -0.15) is 0 Å². The largest absolute Gasteiger partial charge is 0.336 e. The first-order valence-electron chi connectivity index (χ1n) is 8.50. The lowest BCUT2D eigenvalue weighted by atomic mass is 10.1. The normalized spacial score (nSPS) is 10.4. The molecule has 3 aromatic rings. The van der Waals surface area contributed by atoms with Gasteiger partial charge in [-0.3, -0.25) is 4.79 Å². The topological polar surface area (TPSA) is 58.1 Å². The van der Waals surface area contributed by atoms with Crippen molar-refractivity contribution in [2.45, 2.75) is 20.4 Å². The zero-order valence-corrected chi connectivity index (χ0v) is 15.2. The second-order valence-electron chi connectivity index (χ2n) is 6.30. The molecule has 0 spiro atoms. The molecule has 0 saturated carbocycles. The summed E-state index contributed by atoms with van der Waals surface area (Å²) in [5, 5.41) is 3.23. The molecule has 0 atom stereocenters. The summed E-state index contributed by atoms with van der Waals surface area (Å²) >= 11 is 0. The average molecular weight is 346 g/mol. The van der Waals surface area contributed by atoms with Crippen LogP contribution in [0.4, 0.5) is 11.6 Å². The van der Waals surface area contributed by atoms with Crippen LogP contribution in [0.15, 0.2) is 60.8 Å². The minimum absolute atomic E-state index is 0.138. The van der Waals surface area contributed by atoms with E-state index in [1.54, 1.807) is 24.2 Å². The van der Waals surface area contributed by atoms with Crippen molar-refractivity contribution in [2.24, 2.45) is 0 Å². The maximum atomic E-state index is 12.7. The SMILES string of the molecule is Cc1cccc(C)c1Nc1nccc(C(=O)N(C)Cc2ccccc2)n1. The Kier molecular flexibility index (Phi) is 5.27. The van der Waals surface area contributed by atoms with E-state index in [-0.39, 0.29) is 5.91 Å². The van der Waals surface area contributed by atoms with Crippen molar-refractivity contribution in [1.29, 1.82) is 0 Å². The van der Waals surface area contributed by atoms with Gasteiger partial charge in [0.2, 0.25) is 5.95 Å². The van der Waals surface area contributed by atoms with E-state index in [1.807, 2.05) is 62.4 Å². The Morgan fingerprint density at radius 1 is 1.00 bits per heavy atom. The number of hydrogen-bond donors (Lipinski definition) is 1. The van der Waals surface area contributed by atoms with E-state index in [0.717, 1.165) is 22.4 Å². The molecule has 1 heterocycles. The molecule has 3 rings (SSSR count). The maximum Gasteiger partial charge on any atom is 0.272 e. The van der Waals surface area contributed by atoms with Crippen LogP contribution in [0.25, 0.3) is 0 Å². The van der Waals surface area contributed by atoms with Crippen molar-refractivity contribution in [3.8, 4) is 0 Å². The lowest BCUT2D eigenvalue weighted by Crippen LogP contribution is -2.27. The zero-order chi connectivity index (χ0) is 18.5. The minimum atomic E-state index is -0.138. The summed E-state index contributed by atoms with van der Waals surface area (Å²) in [6.45, 7) is 4.58. The highest BCUT2D eigenvalue weighted by Crippen LogP contribution is 2.22. The summed E-state index contributed by atoms with van der Waals surface area (Å²) in [6, 6.07) is 17.6. The molecule has 0 radical (unpaired) electrons. The van der Waals surface area contributed by atoms with Gasteiger partial charge in [-0.25, -0.2) is 9.97 Å². The van der Waals surface area contributed by atoms with Gasteiger partial charge in [-0.1, -0.05) is 48.5 Å². The van der Waals surface area contributed by atoms with Gasteiger partial charge in [0, 0.05) is 25.5 Å². The van der Waals surface area contributed by atoms with E-state index in [2.05, 4.69) is 15.3 Å². The Bertz CT molecular complexity index is 889. The van der Waals surface area contributed by atoms with Crippen molar-refractivity contribution in [3.63, 3.8) is 0 Å². The number of aryl methyl sites for hydroxylation is 2. The number of nitrogens with zero attached hydrogens (tertiary/aromatic N) is 3. The van der Waals surface area contributed by atoms with Crippen molar-refractivity contribution in [1.82, 2.24) is 14.9 Å². The maximum absolute atomic E-state index is 12.7. The number of nitrogens with one attached hydrogen (secondary N) is 1. The van der Waals surface area contributed by atoms with E-state index < -0.39 is 0 Å². The number of anilines is 2. The predicted octanol–water partition coefficient (Wildman–Crippen LogP) is 4.11. The van der Waals surface area contributed by atoms with Crippen molar-refractivity contribution in [3.05, 3.63) is 83.2 Å². The summed E-state index contributed by atoms with van der Waals surface area (Å²) in [5.41, 5.74) is 4.62. The van der Waals surface area contributed by atoms with E-state index in [9.17, 15) is 4.79 Å². The molecule has 1 aromatic heterocycles. The van der Waals surface area contributed by atoms with Crippen LogP contribution in [0.2, 0.25) is 0 Å². The second kappa shape index (κ2) is 7.78. The third kappa shape index (κ3) is 4.06. The number of carbonyl (C=O) groups excluding carboxylic acids is 1. The molecular weight excluding hydrogens is 324 g/mol. The molecule has 1 amide bonds. The molecule has 5 heteroatoms. The Balaban J connectivity index is 1.77. The number of benzene rings is 2. The number of amides is 1. The fourth-order valence-electron chi connectivity index (χ4n) is 2.79. The van der Waals surface area contributed by atoms with E-state index in [4.69, 9.17) is 0 Å². The molecule has 0 unspecified atom stereocenters. The van der Waals surface area contributed by atoms with E-state index >= 15 is 0 Å². The summed E-state index contributed by atoms with van der Waals surface area (Å²) in [5.74, 6) is 0.280.